The molecule has 0 aliphatic rings. The molecule has 0 fully saturated rings. The molecule has 0 saturated heterocycles. The Bertz CT molecular complexity index is 345. The predicted molar refractivity (Wildman–Crippen MR) is 68.8 cm³/mol. The highest BCUT2D eigenvalue weighted by molar-refractivity contribution is 5.24. The molecule has 0 amide bonds. The van der Waals surface area contributed by atoms with Gasteiger partial charge in [0, 0.05) is 18.3 Å². The zero-order valence-electron chi connectivity index (χ0n) is 11.5. The minimum atomic E-state index is 0.221. The maximum Gasteiger partial charge on any atom is 0.0628 e. The van der Waals surface area contributed by atoms with Gasteiger partial charge in [0.1, 0.15) is 0 Å². The standard InChI is InChI=1S/C13H25N3/c1-10-12(11(2)16(6)15-10)8-7-9-14-13(3,4)5/h14H,7-9H2,1-6H3. The number of hydrogen-bond acceptors (Lipinski definition) is 2. The van der Waals surface area contributed by atoms with Gasteiger partial charge < -0.3 is 5.32 Å². The number of nitrogens with one attached hydrogen (secondary N) is 1. The normalized spacial score (nSPS) is 12.1. The molecular formula is C13H25N3. The van der Waals surface area contributed by atoms with E-state index in [1.165, 1.54) is 23.4 Å². The second kappa shape index (κ2) is 5.00. The minimum absolute atomic E-state index is 0.221. The van der Waals surface area contributed by atoms with Gasteiger partial charge in [-0.15, -0.1) is 0 Å². The smallest absolute Gasteiger partial charge is 0.0628 e. The Morgan fingerprint density at radius 3 is 2.31 bits per heavy atom. The van der Waals surface area contributed by atoms with Crippen LogP contribution in [-0.4, -0.2) is 21.9 Å². The molecule has 0 radical (unpaired) electrons. The van der Waals surface area contributed by atoms with Crippen molar-refractivity contribution in [3.8, 4) is 0 Å². The van der Waals surface area contributed by atoms with Crippen molar-refractivity contribution in [3.05, 3.63) is 17.0 Å². The molecule has 1 aromatic rings. The van der Waals surface area contributed by atoms with Crippen LogP contribution in [-0.2, 0) is 13.5 Å². The molecule has 1 aromatic heterocycles. The highest BCUT2D eigenvalue weighted by Crippen LogP contribution is 2.13. The van der Waals surface area contributed by atoms with Crippen molar-refractivity contribution in [3.63, 3.8) is 0 Å². The first-order chi connectivity index (χ1) is 7.31. The van der Waals surface area contributed by atoms with Crippen molar-refractivity contribution in [2.75, 3.05) is 6.54 Å². The Labute approximate surface area is 99.2 Å². The van der Waals surface area contributed by atoms with Crippen LogP contribution in [0.1, 0.15) is 44.1 Å². The Morgan fingerprint density at radius 2 is 1.88 bits per heavy atom. The lowest BCUT2D eigenvalue weighted by Crippen LogP contribution is -2.36. The lowest BCUT2D eigenvalue weighted by molar-refractivity contribution is 0.422. The van der Waals surface area contributed by atoms with Crippen molar-refractivity contribution < 1.29 is 0 Å². The highest BCUT2D eigenvalue weighted by Gasteiger charge is 2.10. The summed E-state index contributed by atoms with van der Waals surface area (Å²) in [6, 6.07) is 0. The zero-order chi connectivity index (χ0) is 12.3. The van der Waals surface area contributed by atoms with Gasteiger partial charge in [-0.2, -0.15) is 5.10 Å². The van der Waals surface area contributed by atoms with Crippen LogP contribution in [0.15, 0.2) is 0 Å². The van der Waals surface area contributed by atoms with E-state index in [9.17, 15) is 0 Å². The van der Waals surface area contributed by atoms with Crippen molar-refractivity contribution in [2.45, 2.75) is 53.0 Å². The van der Waals surface area contributed by atoms with Crippen LogP contribution >= 0.6 is 0 Å². The third-order valence-corrected chi connectivity index (χ3v) is 2.92. The van der Waals surface area contributed by atoms with Crippen molar-refractivity contribution >= 4 is 0 Å². The lowest BCUT2D eigenvalue weighted by atomic mass is 10.1. The van der Waals surface area contributed by atoms with Gasteiger partial charge in [-0.25, -0.2) is 0 Å². The fourth-order valence-electron chi connectivity index (χ4n) is 1.91. The molecule has 0 aliphatic carbocycles. The topological polar surface area (TPSA) is 29.9 Å². The molecule has 3 nitrogen and oxygen atoms in total. The van der Waals surface area contributed by atoms with E-state index in [1.807, 2.05) is 11.7 Å². The fourth-order valence-corrected chi connectivity index (χ4v) is 1.91. The highest BCUT2D eigenvalue weighted by atomic mass is 15.3. The van der Waals surface area contributed by atoms with E-state index in [2.05, 4.69) is 45.0 Å². The van der Waals surface area contributed by atoms with Gasteiger partial charge in [0.05, 0.1) is 5.69 Å². The summed E-state index contributed by atoms with van der Waals surface area (Å²) < 4.78 is 1.97. The summed E-state index contributed by atoms with van der Waals surface area (Å²) in [7, 11) is 2.01. The SMILES string of the molecule is Cc1nn(C)c(C)c1CCCNC(C)(C)C. The molecule has 0 bridgehead atoms. The lowest BCUT2D eigenvalue weighted by Gasteiger charge is -2.20. The molecule has 92 valence electrons. The number of aryl methyl sites for hydroxylation is 2. The van der Waals surface area contributed by atoms with E-state index in [0.29, 0.717) is 0 Å². The van der Waals surface area contributed by atoms with Crippen LogP contribution in [0.3, 0.4) is 0 Å². The number of aromatic nitrogens is 2. The molecular weight excluding hydrogens is 198 g/mol. The predicted octanol–water partition coefficient (Wildman–Crippen LogP) is 2.36. The van der Waals surface area contributed by atoms with Crippen LogP contribution in [0.25, 0.3) is 0 Å². The Morgan fingerprint density at radius 1 is 1.25 bits per heavy atom. The summed E-state index contributed by atoms with van der Waals surface area (Å²) in [5, 5.41) is 7.94. The van der Waals surface area contributed by atoms with Crippen molar-refractivity contribution in [2.24, 2.45) is 7.05 Å². The molecule has 0 aliphatic heterocycles. The Balaban J connectivity index is 2.43. The molecule has 1 N–H and O–H groups in total. The summed E-state index contributed by atoms with van der Waals surface area (Å²) in [4.78, 5) is 0. The first-order valence-corrected chi connectivity index (χ1v) is 6.05. The largest absolute Gasteiger partial charge is 0.312 e. The summed E-state index contributed by atoms with van der Waals surface area (Å²) in [5.41, 5.74) is 4.11. The number of nitrogens with zero attached hydrogens (tertiary/aromatic N) is 2. The van der Waals surface area contributed by atoms with Crippen molar-refractivity contribution in [1.82, 2.24) is 15.1 Å². The molecule has 1 heterocycles. The van der Waals surface area contributed by atoms with E-state index < -0.39 is 0 Å². The average Bonchev–Trinajstić information content (AvgIpc) is 2.36. The van der Waals surface area contributed by atoms with E-state index in [0.717, 1.165) is 13.0 Å². The van der Waals surface area contributed by atoms with Gasteiger partial charge >= 0.3 is 0 Å². The zero-order valence-corrected chi connectivity index (χ0v) is 11.5. The third kappa shape index (κ3) is 3.63. The molecule has 3 heteroatoms. The molecule has 16 heavy (non-hydrogen) atoms. The van der Waals surface area contributed by atoms with Crippen molar-refractivity contribution in [1.29, 1.82) is 0 Å². The maximum atomic E-state index is 4.43. The second-order valence-electron chi connectivity index (χ2n) is 5.55. The third-order valence-electron chi connectivity index (χ3n) is 2.92. The summed E-state index contributed by atoms with van der Waals surface area (Å²) >= 11 is 0. The number of hydrogen-bond donors (Lipinski definition) is 1. The van der Waals surface area contributed by atoms with Crippen LogP contribution in [0, 0.1) is 13.8 Å². The molecule has 0 unspecified atom stereocenters. The molecule has 0 saturated carbocycles. The van der Waals surface area contributed by atoms with E-state index in [-0.39, 0.29) is 5.54 Å². The summed E-state index contributed by atoms with van der Waals surface area (Å²) in [6.07, 6.45) is 2.29. The first-order valence-electron chi connectivity index (χ1n) is 6.05. The van der Waals surface area contributed by atoms with Crippen LogP contribution in [0.2, 0.25) is 0 Å². The van der Waals surface area contributed by atoms with Gasteiger partial charge in [0.15, 0.2) is 0 Å². The van der Waals surface area contributed by atoms with Gasteiger partial charge in [-0.1, -0.05) is 0 Å². The summed E-state index contributed by atoms with van der Waals surface area (Å²) in [6.45, 7) is 11.9. The van der Waals surface area contributed by atoms with Gasteiger partial charge in [-0.3, -0.25) is 4.68 Å². The van der Waals surface area contributed by atoms with Gasteiger partial charge in [0.2, 0.25) is 0 Å². The molecule has 0 spiro atoms. The van der Waals surface area contributed by atoms with E-state index in [1.54, 1.807) is 0 Å². The summed E-state index contributed by atoms with van der Waals surface area (Å²) in [5.74, 6) is 0. The quantitative estimate of drug-likeness (QED) is 0.794. The van der Waals surface area contributed by atoms with Crippen LogP contribution in [0.4, 0.5) is 0 Å². The number of rotatable bonds is 4. The van der Waals surface area contributed by atoms with Gasteiger partial charge in [-0.05, 0) is 59.6 Å². The van der Waals surface area contributed by atoms with E-state index in [4.69, 9.17) is 0 Å². The van der Waals surface area contributed by atoms with E-state index >= 15 is 0 Å². The second-order valence-corrected chi connectivity index (χ2v) is 5.55. The Hall–Kier alpha value is -0.830. The van der Waals surface area contributed by atoms with Crippen LogP contribution < -0.4 is 5.32 Å². The maximum absolute atomic E-state index is 4.43. The minimum Gasteiger partial charge on any atom is -0.312 e. The van der Waals surface area contributed by atoms with Gasteiger partial charge in [0.25, 0.3) is 0 Å². The molecule has 1 rings (SSSR count). The molecule has 0 atom stereocenters. The first kappa shape index (κ1) is 13.2. The monoisotopic (exact) mass is 223 g/mol. The Kier molecular flexibility index (Phi) is 4.14. The fraction of sp³-hybridized carbons (Fsp3) is 0.769. The molecule has 0 aromatic carbocycles. The van der Waals surface area contributed by atoms with Crippen LogP contribution in [0.5, 0.6) is 0 Å². The average molecular weight is 223 g/mol.